The molecule has 0 amide bonds. The fraction of sp³-hybridized carbons (Fsp3) is 1.00. The molecule has 2 rings (SSSR count). The van der Waals surface area contributed by atoms with Crippen LogP contribution in [0.5, 0.6) is 0 Å². The van der Waals surface area contributed by atoms with Gasteiger partial charge in [-0.3, -0.25) is 0 Å². The van der Waals surface area contributed by atoms with Gasteiger partial charge >= 0.3 is 0 Å². The Morgan fingerprint density at radius 2 is 1.87 bits per heavy atom. The zero-order valence-corrected chi connectivity index (χ0v) is 10.4. The van der Waals surface area contributed by atoms with E-state index in [9.17, 15) is 0 Å². The Morgan fingerprint density at radius 3 is 2.33 bits per heavy atom. The minimum Gasteiger partial charge on any atom is -0.327 e. The number of nitrogens with two attached hydrogens (primary N) is 1. The van der Waals surface area contributed by atoms with Crippen LogP contribution in [0, 0.1) is 23.7 Å². The van der Waals surface area contributed by atoms with Gasteiger partial charge in [-0.1, -0.05) is 33.1 Å². The van der Waals surface area contributed by atoms with Crippen molar-refractivity contribution in [3.8, 4) is 0 Å². The Labute approximate surface area is 94.8 Å². The van der Waals surface area contributed by atoms with E-state index in [0.717, 1.165) is 23.7 Å². The van der Waals surface area contributed by atoms with Gasteiger partial charge in [-0.25, -0.2) is 0 Å². The molecule has 4 atom stereocenters. The molecule has 0 aromatic heterocycles. The van der Waals surface area contributed by atoms with Gasteiger partial charge in [0.15, 0.2) is 0 Å². The molecule has 2 aliphatic rings. The first-order valence-electron chi connectivity index (χ1n) is 7.00. The lowest BCUT2D eigenvalue weighted by Gasteiger charge is -2.28. The van der Waals surface area contributed by atoms with E-state index in [1.165, 1.54) is 44.9 Å². The first-order valence-corrected chi connectivity index (χ1v) is 7.00. The van der Waals surface area contributed by atoms with E-state index in [0.29, 0.717) is 6.04 Å². The van der Waals surface area contributed by atoms with Crippen LogP contribution in [0.3, 0.4) is 0 Å². The van der Waals surface area contributed by atoms with Crippen molar-refractivity contribution in [1.82, 2.24) is 0 Å². The van der Waals surface area contributed by atoms with E-state index in [2.05, 4.69) is 13.8 Å². The summed E-state index contributed by atoms with van der Waals surface area (Å²) < 4.78 is 0. The average Bonchev–Trinajstić information content (AvgIpc) is 2.81. The molecular weight excluding hydrogens is 182 g/mol. The average molecular weight is 209 g/mol. The third kappa shape index (κ3) is 2.38. The summed E-state index contributed by atoms with van der Waals surface area (Å²) in [6.07, 6.45) is 9.88. The summed E-state index contributed by atoms with van der Waals surface area (Å²) in [5.41, 5.74) is 6.35. The Balaban J connectivity index is 1.81. The van der Waals surface area contributed by atoms with Crippen LogP contribution in [-0.4, -0.2) is 6.04 Å². The van der Waals surface area contributed by atoms with Crippen LogP contribution in [0.15, 0.2) is 0 Å². The van der Waals surface area contributed by atoms with Gasteiger partial charge in [0.2, 0.25) is 0 Å². The predicted molar refractivity (Wildman–Crippen MR) is 65.6 cm³/mol. The summed E-state index contributed by atoms with van der Waals surface area (Å²) in [7, 11) is 0. The van der Waals surface area contributed by atoms with Crippen molar-refractivity contribution >= 4 is 0 Å². The fourth-order valence-corrected chi connectivity index (χ4v) is 4.10. The van der Waals surface area contributed by atoms with Gasteiger partial charge in [0, 0.05) is 6.04 Å². The summed E-state index contributed by atoms with van der Waals surface area (Å²) in [5, 5.41) is 0. The zero-order valence-electron chi connectivity index (χ0n) is 10.4. The molecule has 4 unspecified atom stereocenters. The molecule has 0 aromatic carbocycles. The predicted octanol–water partition coefficient (Wildman–Crippen LogP) is 3.58. The Bertz CT molecular complexity index is 198. The van der Waals surface area contributed by atoms with Crippen molar-refractivity contribution in [3.63, 3.8) is 0 Å². The number of rotatable bonds is 5. The summed E-state index contributed by atoms with van der Waals surface area (Å²) >= 11 is 0. The molecule has 0 saturated heterocycles. The molecule has 88 valence electrons. The number of hydrogen-bond acceptors (Lipinski definition) is 1. The van der Waals surface area contributed by atoms with Crippen LogP contribution in [-0.2, 0) is 0 Å². The van der Waals surface area contributed by atoms with Crippen LogP contribution in [0.1, 0.15) is 58.8 Å². The molecule has 2 saturated carbocycles. The van der Waals surface area contributed by atoms with Crippen LogP contribution in [0.4, 0.5) is 0 Å². The molecule has 1 heteroatoms. The lowest BCUT2D eigenvalue weighted by molar-refractivity contribution is 0.256. The normalized spacial score (nSPS) is 36.4. The van der Waals surface area contributed by atoms with Crippen molar-refractivity contribution in [2.75, 3.05) is 0 Å². The molecule has 2 bridgehead atoms. The van der Waals surface area contributed by atoms with Gasteiger partial charge in [0.05, 0.1) is 0 Å². The highest BCUT2D eigenvalue weighted by molar-refractivity contribution is 4.92. The minimum atomic E-state index is 0.476. The largest absolute Gasteiger partial charge is 0.327 e. The van der Waals surface area contributed by atoms with Gasteiger partial charge in [-0.15, -0.1) is 0 Å². The Morgan fingerprint density at radius 1 is 1.13 bits per heavy atom. The monoisotopic (exact) mass is 209 g/mol. The molecule has 0 spiro atoms. The Kier molecular flexibility index (Phi) is 3.71. The smallest absolute Gasteiger partial charge is 0.00697 e. The molecule has 15 heavy (non-hydrogen) atoms. The molecule has 2 aliphatic carbocycles. The lowest BCUT2D eigenvalue weighted by atomic mass is 9.80. The first kappa shape index (κ1) is 11.4. The van der Waals surface area contributed by atoms with Crippen molar-refractivity contribution in [2.45, 2.75) is 64.8 Å². The minimum absolute atomic E-state index is 0.476. The maximum Gasteiger partial charge on any atom is 0.00697 e. The van der Waals surface area contributed by atoms with Crippen LogP contribution in [0.25, 0.3) is 0 Å². The van der Waals surface area contributed by atoms with E-state index in [4.69, 9.17) is 5.73 Å². The maximum absolute atomic E-state index is 6.35. The van der Waals surface area contributed by atoms with Crippen molar-refractivity contribution in [1.29, 1.82) is 0 Å². The highest BCUT2D eigenvalue weighted by Crippen LogP contribution is 2.50. The molecule has 0 radical (unpaired) electrons. The topological polar surface area (TPSA) is 26.0 Å². The van der Waals surface area contributed by atoms with Crippen molar-refractivity contribution in [3.05, 3.63) is 0 Å². The third-order valence-electron chi connectivity index (χ3n) is 5.11. The van der Waals surface area contributed by atoms with Crippen molar-refractivity contribution in [2.24, 2.45) is 29.4 Å². The fourth-order valence-electron chi connectivity index (χ4n) is 4.10. The quantitative estimate of drug-likeness (QED) is 0.736. The first-order chi connectivity index (χ1) is 7.24. The number of fused-ring (bicyclic) bond motifs is 2. The summed E-state index contributed by atoms with van der Waals surface area (Å²) in [5.74, 6) is 3.88. The second-order valence-corrected chi connectivity index (χ2v) is 5.91. The maximum atomic E-state index is 6.35. The standard InChI is InChI=1S/C14H27N/c1-3-11(4-2)14(15)9-13-8-10-5-6-12(13)7-10/h10-14H,3-9,15H2,1-2H3. The molecule has 2 N–H and O–H groups in total. The third-order valence-corrected chi connectivity index (χ3v) is 5.11. The number of hydrogen-bond donors (Lipinski definition) is 1. The van der Waals surface area contributed by atoms with E-state index in [1.807, 2.05) is 0 Å². The molecule has 0 aliphatic heterocycles. The van der Waals surface area contributed by atoms with E-state index in [-0.39, 0.29) is 0 Å². The molecule has 0 heterocycles. The van der Waals surface area contributed by atoms with Crippen LogP contribution >= 0.6 is 0 Å². The van der Waals surface area contributed by atoms with Gasteiger partial charge in [-0.05, 0) is 49.4 Å². The van der Waals surface area contributed by atoms with Gasteiger partial charge in [-0.2, -0.15) is 0 Å². The molecule has 0 aromatic rings. The molecular formula is C14H27N. The Hall–Kier alpha value is -0.0400. The van der Waals surface area contributed by atoms with E-state index < -0.39 is 0 Å². The van der Waals surface area contributed by atoms with Gasteiger partial charge < -0.3 is 5.73 Å². The highest BCUT2D eigenvalue weighted by atomic mass is 14.7. The molecule has 2 fully saturated rings. The van der Waals surface area contributed by atoms with Gasteiger partial charge in [0.1, 0.15) is 0 Å². The zero-order chi connectivity index (χ0) is 10.8. The summed E-state index contributed by atoms with van der Waals surface area (Å²) in [6.45, 7) is 4.57. The second-order valence-electron chi connectivity index (χ2n) is 5.91. The van der Waals surface area contributed by atoms with E-state index >= 15 is 0 Å². The highest BCUT2D eigenvalue weighted by Gasteiger charge is 2.40. The van der Waals surface area contributed by atoms with Crippen LogP contribution in [0.2, 0.25) is 0 Å². The van der Waals surface area contributed by atoms with Gasteiger partial charge in [0.25, 0.3) is 0 Å². The van der Waals surface area contributed by atoms with E-state index in [1.54, 1.807) is 0 Å². The van der Waals surface area contributed by atoms with Crippen LogP contribution < -0.4 is 5.73 Å². The summed E-state index contributed by atoms with van der Waals surface area (Å²) in [4.78, 5) is 0. The van der Waals surface area contributed by atoms with Crippen molar-refractivity contribution < 1.29 is 0 Å². The lowest BCUT2D eigenvalue weighted by Crippen LogP contribution is -2.33. The summed E-state index contributed by atoms with van der Waals surface area (Å²) in [6, 6.07) is 0.476. The second kappa shape index (κ2) is 4.86. The molecule has 1 nitrogen and oxygen atoms in total. The SMILES string of the molecule is CCC(CC)C(N)CC1CC2CCC1C2.